The van der Waals surface area contributed by atoms with Crippen LogP contribution in [-0.2, 0) is 4.79 Å². The number of nitrogens with two attached hydrogens (primary N) is 1. The van der Waals surface area contributed by atoms with Gasteiger partial charge in [0.25, 0.3) is 0 Å². The summed E-state index contributed by atoms with van der Waals surface area (Å²) in [5.41, 5.74) is 6.24. The Morgan fingerprint density at radius 1 is 1.36 bits per heavy atom. The molecule has 2 nitrogen and oxygen atoms in total. The van der Waals surface area contributed by atoms with Crippen molar-refractivity contribution in [1.82, 2.24) is 0 Å². The van der Waals surface area contributed by atoms with Gasteiger partial charge in [-0.15, -0.1) is 0 Å². The Labute approximate surface area is 67.8 Å². The first-order valence-electron chi connectivity index (χ1n) is 3.72. The normalized spacial score (nSPS) is 12.4. The van der Waals surface area contributed by atoms with Gasteiger partial charge in [-0.05, 0) is 32.8 Å². The minimum atomic E-state index is 0.0958. The molecule has 0 radical (unpaired) electrons. The number of rotatable bonds is 4. The van der Waals surface area contributed by atoms with Crippen LogP contribution in [0.3, 0.4) is 0 Å². The van der Waals surface area contributed by atoms with Crippen LogP contribution in [-0.4, -0.2) is 5.78 Å². The molecular weight excluding hydrogens is 138 g/mol. The molecular formula is C9H15NO. The van der Waals surface area contributed by atoms with Gasteiger partial charge in [0.15, 0.2) is 5.78 Å². The van der Waals surface area contributed by atoms with E-state index in [4.69, 9.17) is 5.73 Å². The summed E-state index contributed by atoms with van der Waals surface area (Å²) in [6, 6.07) is 0. The van der Waals surface area contributed by atoms with E-state index in [0.717, 1.165) is 18.5 Å². The number of hydrogen-bond acceptors (Lipinski definition) is 2. The molecule has 0 saturated carbocycles. The van der Waals surface area contributed by atoms with Crippen molar-refractivity contribution in [2.45, 2.75) is 26.7 Å². The van der Waals surface area contributed by atoms with Gasteiger partial charge in [-0.3, -0.25) is 4.79 Å². The summed E-state index contributed by atoms with van der Waals surface area (Å²) < 4.78 is 0. The van der Waals surface area contributed by atoms with Gasteiger partial charge in [-0.1, -0.05) is 12.2 Å². The van der Waals surface area contributed by atoms with Gasteiger partial charge in [0, 0.05) is 5.70 Å². The summed E-state index contributed by atoms with van der Waals surface area (Å²) in [6.07, 6.45) is 7.19. The maximum Gasteiger partial charge on any atom is 0.152 e. The van der Waals surface area contributed by atoms with Gasteiger partial charge in [0.2, 0.25) is 0 Å². The second-order valence-electron chi connectivity index (χ2n) is 2.54. The second kappa shape index (κ2) is 5.71. The van der Waals surface area contributed by atoms with E-state index in [2.05, 4.69) is 0 Å². The highest BCUT2D eigenvalue weighted by Gasteiger charge is 1.81. The summed E-state index contributed by atoms with van der Waals surface area (Å²) in [5, 5.41) is 0. The number of carbonyl (C=O) groups excluding carboxylic acids is 1. The standard InChI is InChI=1S/C9H15NO/c1-8(10)6-4-3-5-7-9(2)11/h5-7H,3-4,10H2,1-2H3/b7-5+,8-6+. The lowest BCUT2D eigenvalue weighted by atomic mass is 10.2. The Morgan fingerprint density at radius 3 is 2.45 bits per heavy atom. The quantitative estimate of drug-likeness (QED) is 0.494. The molecule has 11 heavy (non-hydrogen) atoms. The van der Waals surface area contributed by atoms with Crippen molar-refractivity contribution in [2.24, 2.45) is 5.73 Å². The van der Waals surface area contributed by atoms with E-state index in [1.165, 1.54) is 0 Å². The van der Waals surface area contributed by atoms with Crippen LogP contribution in [0.1, 0.15) is 26.7 Å². The Morgan fingerprint density at radius 2 is 2.00 bits per heavy atom. The second-order valence-corrected chi connectivity index (χ2v) is 2.54. The zero-order valence-corrected chi connectivity index (χ0v) is 7.13. The molecule has 0 aromatic carbocycles. The lowest BCUT2D eigenvalue weighted by Gasteiger charge is -1.88. The molecule has 2 heteroatoms. The topological polar surface area (TPSA) is 43.1 Å². The van der Waals surface area contributed by atoms with Gasteiger partial charge in [-0.25, -0.2) is 0 Å². The lowest BCUT2D eigenvalue weighted by molar-refractivity contribution is -0.112. The van der Waals surface area contributed by atoms with Crippen LogP contribution in [0.25, 0.3) is 0 Å². The summed E-state index contributed by atoms with van der Waals surface area (Å²) in [6.45, 7) is 3.40. The smallest absolute Gasteiger partial charge is 0.152 e. The Balaban J connectivity index is 3.42. The first-order valence-corrected chi connectivity index (χ1v) is 3.72. The van der Waals surface area contributed by atoms with Crippen molar-refractivity contribution in [3.05, 3.63) is 23.9 Å². The van der Waals surface area contributed by atoms with Crippen molar-refractivity contribution in [3.63, 3.8) is 0 Å². The first kappa shape index (κ1) is 9.95. The molecule has 0 fully saturated rings. The predicted molar refractivity (Wildman–Crippen MR) is 47.0 cm³/mol. The van der Waals surface area contributed by atoms with Crippen LogP contribution in [0.15, 0.2) is 23.9 Å². The molecule has 0 unspecified atom stereocenters. The predicted octanol–water partition coefficient (Wildman–Crippen LogP) is 1.77. The van der Waals surface area contributed by atoms with E-state index in [1.54, 1.807) is 13.0 Å². The highest BCUT2D eigenvalue weighted by molar-refractivity contribution is 5.87. The van der Waals surface area contributed by atoms with Crippen LogP contribution >= 0.6 is 0 Å². The fraction of sp³-hybridized carbons (Fsp3) is 0.444. The molecule has 0 heterocycles. The fourth-order valence-corrected chi connectivity index (χ4v) is 0.657. The van der Waals surface area contributed by atoms with E-state index < -0.39 is 0 Å². The average Bonchev–Trinajstić information content (AvgIpc) is 1.85. The van der Waals surface area contributed by atoms with Crippen molar-refractivity contribution in [3.8, 4) is 0 Å². The van der Waals surface area contributed by atoms with Crippen LogP contribution in [0.5, 0.6) is 0 Å². The highest BCUT2D eigenvalue weighted by Crippen LogP contribution is 1.94. The number of allylic oxidation sites excluding steroid dienone is 4. The SMILES string of the molecule is CC(=O)/C=C/CC/C=C(\C)N. The molecule has 0 aliphatic rings. The molecule has 0 rings (SSSR count). The molecule has 0 saturated heterocycles. The highest BCUT2D eigenvalue weighted by atomic mass is 16.1. The van der Waals surface area contributed by atoms with E-state index in [-0.39, 0.29) is 5.78 Å². The van der Waals surface area contributed by atoms with Gasteiger partial charge in [0.1, 0.15) is 0 Å². The molecule has 0 aliphatic carbocycles. The molecule has 62 valence electrons. The number of hydrogen-bond donors (Lipinski definition) is 1. The van der Waals surface area contributed by atoms with Crippen molar-refractivity contribution >= 4 is 5.78 Å². The van der Waals surface area contributed by atoms with Gasteiger partial charge in [-0.2, -0.15) is 0 Å². The molecule has 0 atom stereocenters. The van der Waals surface area contributed by atoms with Crippen LogP contribution < -0.4 is 5.73 Å². The van der Waals surface area contributed by atoms with E-state index in [0.29, 0.717) is 0 Å². The van der Waals surface area contributed by atoms with E-state index in [1.807, 2.05) is 19.1 Å². The Kier molecular flexibility index (Phi) is 5.17. The van der Waals surface area contributed by atoms with E-state index in [9.17, 15) is 4.79 Å². The van der Waals surface area contributed by atoms with Crippen molar-refractivity contribution < 1.29 is 4.79 Å². The number of carbonyl (C=O) groups is 1. The molecule has 0 aliphatic heterocycles. The largest absolute Gasteiger partial charge is 0.403 e. The monoisotopic (exact) mass is 153 g/mol. The molecule has 2 N–H and O–H groups in total. The third-order valence-electron chi connectivity index (χ3n) is 1.15. The van der Waals surface area contributed by atoms with Crippen LogP contribution in [0.4, 0.5) is 0 Å². The van der Waals surface area contributed by atoms with Crippen LogP contribution in [0.2, 0.25) is 0 Å². The van der Waals surface area contributed by atoms with Gasteiger partial charge >= 0.3 is 0 Å². The lowest BCUT2D eigenvalue weighted by Crippen LogP contribution is -1.89. The van der Waals surface area contributed by atoms with Crippen molar-refractivity contribution in [1.29, 1.82) is 0 Å². The summed E-state index contributed by atoms with van der Waals surface area (Å²) in [4.78, 5) is 10.4. The maximum absolute atomic E-state index is 10.4. The molecule has 0 spiro atoms. The minimum Gasteiger partial charge on any atom is -0.403 e. The summed E-state index contributed by atoms with van der Waals surface area (Å²) in [5.74, 6) is 0.0958. The summed E-state index contributed by atoms with van der Waals surface area (Å²) in [7, 11) is 0. The van der Waals surface area contributed by atoms with E-state index >= 15 is 0 Å². The molecule has 0 amide bonds. The van der Waals surface area contributed by atoms with Gasteiger partial charge in [0.05, 0.1) is 0 Å². The third kappa shape index (κ3) is 8.95. The maximum atomic E-state index is 10.4. The van der Waals surface area contributed by atoms with Crippen molar-refractivity contribution in [2.75, 3.05) is 0 Å². The number of unbranched alkanes of at least 4 members (excludes halogenated alkanes) is 1. The Bertz CT molecular complexity index is 176. The molecule has 0 aromatic rings. The van der Waals surface area contributed by atoms with Gasteiger partial charge < -0.3 is 5.73 Å². The third-order valence-corrected chi connectivity index (χ3v) is 1.15. The first-order chi connectivity index (χ1) is 5.13. The Hall–Kier alpha value is -1.05. The fourth-order valence-electron chi connectivity index (χ4n) is 0.657. The number of ketones is 1. The minimum absolute atomic E-state index is 0.0958. The average molecular weight is 153 g/mol. The molecule has 0 aromatic heterocycles. The summed E-state index contributed by atoms with van der Waals surface area (Å²) >= 11 is 0. The zero-order valence-electron chi connectivity index (χ0n) is 7.13. The van der Waals surface area contributed by atoms with Crippen LogP contribution in [0, 0.1) is 0 Å². The zero-order chi connectivity index (χ0) is 8.69. The molecule has 0 bridgehead atoms.